The van der Waals surface area contributed by atoms with E-state index >= 15 is 0 Å². The second-order valence-electron chi connectivity index (χ2n) is 6.01. The summed E-state index contributed by atoms with van der Waals surface area (Å²) in [5.74, 6) is 0.996. The Bertz CT molecular complexity index is 847. The Morgan fingerprint density at radius 3 is 2.35 bits per heavy atom. The second kappa shape index (κ2) is 8.72. The zero-order chi connectivity index (χ0) is 19.1. The fourth-order valence-electron chi connectivity index (χ4n) is 2.38. The normalized spacial score (nSPS) is 11.0. The van der Waals surface area contributed by atoms with Gasteiger partial charge in [-0.25, -0.2) is 0 Å². The first-order chi connectivity index (χ1) is 12.5. The van der Waals surface area contributed by atoms with Gasteiger partial charge < -0.3 is 14.8 Å². The zero-order valence-corrected chi connectivity index (χ0v) is 15.4. The lowest BCUT2D eigenvalue weighted by Gasteiger charge is -2.11. The summed E-state index contributed by atoms with van der Waals surface area (Å²) in [6, 6.07) is 14.8. The number of carbonyl (C=O) groups is 1. The van der Waals surface area contributed by atoms with E-state index in [0.29, 0.717) is 23.1 Å². The van der Waals surface area contributed by atoms with Gasteiger partial charge in [0.05, 0.1) is 19.9 Å². The first kappa shape index (κ1) is 19.1. The topological polar surface area (TPSA) is 71.3 Å². The molecule has 0 saturated carbocycles. The van der Waals surface area contributed by atoms with E-state index in [-0.39, 0.29) is 5.57 Å². The van der Waals surface area contributed by atoms with Crippen LogP contribution in [0, 0.1) is 11.3 Å². The Hall–Kier alpha value is -3.26. The molecule has 0 saturated heterocycles. The number of anilines is 1. The van der Waals surface area contributed by atoms with Crippen molar-refractivity contribution in [3.63, 3.8) is 0 Å². The quantitative estimate of drug-likeness (QED) is 0.620. The smallest absolute Gasteiger partial charge is 0.266 e. The fourth-order valence-corrected chi connectivity index (χ4v) is 2.38. The van der Waals surface area contributed by atoms with Gasteiger partial charge in [0.25, 0.3) is 5.91 Å². The van der Waals surface area contributed by atoms with Crippen molar-refractivity contribution in [2.24, 2.45) is 0 Å². The van der Waals surface area contributed by atoms with Crippen molar-refractivity contribution >= 4 is 17.7 Å². The van der Waals surface area contributed by atoms with Crippen LogP contribution in [0.5, 0.6) is 11.5 Å². The van der Waals surface area contributed by atoms with E-state index in [1.165, 1.54) is 12.7 Å². The average molecular weight is 350 g/mol. The Labute approximate surface area is 153 Å². The van der Waals surface area contributed by atoms with Gasteiger partial charge in [-0.15, -0.1) is 0 Å². The predicted octanol–water partition coefficient (Wildman–Crippen LogP) is 4.37. The van der Waals surface area contributed by atoms with Crippen molar-refractivity contribution < 1.29 is 14.3 Å². The van der Waals surface area contributed by atoms with Crippen LogP contribution in [-0.2, 0) is 4.79 Å². The fraction of sp³-hybridized carbons (Fsp3) is 0.238. The molecule has 0 heterocycles. The van der Waals surface area contributed by atoms with Crippen LogP contribution in [-0.4, -0.2) is 20.1 Å². The Morgan fingerprint density at radius 1 is 1.12 bits per heavy atom. The summed E-state index contributed by atoms with van der Waals surface area (Å²) < 4.78 is 10.4. The predicted molar refractivity (Wildman–Crippen MR) is 102 cm³/mol. The number of hydrogen-bond acceptors (Lipinski definition) is 4. The highest BCUT2D eigenvalue weighted by atomic mass is 16.5. The van der Waals surface area contributed by atoms with Crippen molar-refractivity contribution in [1.29, 1.82) is 5.26 Å². The summed E-state index contributed by atoms with van der Waals surface area (Å²) in [6.45, 7) is 4.22. The van der Waals surface area contributed by atoms with Gasteiger partial charge in [-0.1, -0.05) is 38.1 Å². The molecule has 1 amide bonds. The number of hydrogen-bond donors (Lipinski definition) is 1. The third-order valence-electron chi connectivity index (χ3n) is 3.94. The molecule has 0 aliphatic carbocycles. The van der Waals surface area contributed by atoms with Gasteiger partial charge in [0.15, 0.2) is 0 Å². The van der Waals surface area contributed by atoms with Crippen LogP contribution in [0.1, 0.15) is 30.9 Å². The molecule has 0 radical (unpaired) electrons. The van der Waals surface area contributed by atoms with Crippen LogP contribution in [0.2, 0.25) is 0 Å². The number of benzene rings is 2. The molecule has 1 N–H and O–H groups in total. The summed E-state index contributed by atoms with van der Waals surface area (Å²) in [5.41, 5.74) is 2.48. The van der Waals surface area contributed by atoms with E-state index in [1.807, 2.05) is 30.3 Å². The van der Waals surface area contributed by atoms with Crippen molar-refractivity contribution in [1.82, 2.24) is 0 Å². The first-order valence-corrected chi connectivity index (χ1v) is 8.23. The molecule has 0 atom stereocenters. The lowest BCUT2D eigenvalue weighted by Crippen LogP contribution is -2.14. The van der Waals surface area contributed by atoms with Gasteiger partial charge in [0, 0.05) is 6.07 Å². The molecule has 5 heteroatoms. The highest BCUT2D eigenvalue weighted by Crippen LogP contribution is 2.29. The molecule has 2 rings (SSSR count). The number of methoxy groups -OCH3 is 2. The molecule has 134 valence electrons. The second-order valence-corrected chi connectivity index (χ2v) is 6.01. The minimum Gasteiger partial charge on any atom is -0.497 e. The highest BCUT2D eigenvalue weighted by molar-refractivity contribution is 6.10. The number of carbonyl (C=O) groups excluding carboxylic acids is 1. The third-order valence-corrected chi connectivity index (χ3v) is 3.94. The SMILES string of the molecule is COc1ccc(NC(=O)/C(C#N)=C/c2ccc(C(C)C)cc2)c(OC)c1. The molecule has 0 bridgehead atoms. The highest BCUT2D eigenvalue weighted by Gasteiger charge is 2.13. The number of ether oxygens (including phenoxy) is 2. The van der Waals surface area contributed by atoms with Crippen molar-refractivity contribution in [2.45, 2.75) is 19.8 Å². The van der Waals surface area contributed by atoms with Crippen molar-refractivity contribution in [2.75, 3.05) is 19.5 Å². The maximum Gasteiger partial charge on any atom is 0.266 e. The standard InChI is InChI=1S/C21H22N2O3/c1-14(2)16-7-5-15(6-8-16)11-17(13-22)21(24)23-19-10-9-18(25-3)12-20(19)26-4/h5-12,14H,1-4H3,(H,23,24)/b17-11+. The Kier molecular flexibility index (Phi) is 6.40. The molecule has 0 aliphatic heterocycles. The summed E-state index contributed by atoms with van der Waals surface area (Å²) in [4.78, 5) is 12.5. The monoisotopic (exact) mass is 350 g/mol. The van der Waals surface area contributed by atoms with Gasteiger partial charge in [0.1, 0.15) is 23.1 Å². The maximum absolute atomic E-state index is 12.5. The van der Waals surface area contributed by atoms with Gasteiger partial charge in [0.2, 0.25) is 0 Å². The molecule has 2 aromatic carbocycles. The number of rotatable bonds is 6. The maximum atomic E-state index is 12.5. The Balaban J connectivity index is 2.22. The summed E-state index contributed by atoms with van der Waals surface area (Å²) >= 11 is 0. The number of amides is 1. The van der Waals surface area contributed by atoms with E-state index in [9.17, 15) is 10.1 Å². The van der Waals surface area contributed by atoms with E-state index in [1.54, 1.807) is 31.4 Å². The molecule has 0 unspecified atom stereocenters. The molecular weight excluding hydrogens is 328 g/mol. The van der Waals surface area contributed by atoms with Crippen molar-refractivity contribution in [3.05, 3.63) is 59.2 Å². The largest absolute Gasteiger partial charge is 0.497 e. The van der Waals surface area contributed by atoms with Gasteiger partial charge in [-0.2, -0.15) is 5.26 Å². The minimum absolute atomic E-state index is 0.0140. The molecule has 2 aromatic rings. The van der Waals surface area contributed by atoms with Crippen molar-refractivity contribution in [3.8, 4) is 17.6 Å². The van der Waals surface area contributed by atoms with Gasteiger partial charge in [-0.05, 0) is 35.3 Å². The number of nitrogens with zero attached hydrogens (tertiary/aromatic N) is 1. The van der Waals surface area contributed by atoms with Crippen LogP contribution in [0.25, 0.3) is 6.08 Å². The van der Waals surface area contributed by atoms with E-state index in [0.717, 1.165) is 5.56 Å². The molecule has 5 nitrogen and oxygen atoms in total. The van der Waals surface area contributed by atoms with Crippen LogP contribution in [0.4, 0.5) is 5.69 Å². The minimum atomic E-state index is -0.496. The first-order valence-electron chi connectivity index (χ1n) is 8.23. The summed E-state index contributed by atoms with van der Waals surface area (Å²) in [7, 11) is 3.05. The van der Waals surface area contributed by atoms with E-state index < -0.39 is 5.91 Å². The number of nitrogens with one attached hydrogen (secondary N) is 1. The summed E-state index contributed by atoms with van der Waals surface area (Å²) in [6.07, 6.45) is 1.56. The van der Waals surface area contributed by atoms with E-state index in [2.05, 4.69) is 19.2 Å². The van der Waals surface area contributed by atoms with Crippen LogP contribution < -0.4 is 14.8 Å². The average Bonchev–Trinajstić information content (AvgIpc) is 2.66. The lowest BCUT2D eigenvalue weighted by atomic mass is 10.0. The molecule has 0 spiro atoms. The van der Waals surface area contributed by atoms with Crippen LogP contribution in [0.3, 0.4) is 0 Å². The molecule has 0 aromatic heterocycles. The zero-order valence-electron chi connectivity index (χ0n) is 15.4. The van der Waals surface area contributed by atoms with Crippen LogP contribution >= 0.6 is 0 Å². The lowest BCUT2D eigenvalue weighted by molar-refractivity contribution is -0.112. The molecule has 0 aliphatic rings. The van der Waals surface area contributed by atoms with E-state index in [4.69, 9.17) is 9.47 Å². The van der Waals surface area contributed by atoms with Gasteiger partial charge in [-0.3, -0.25) is 4.79 Å². The number of nitriles is 1. The third kappa shape index (κ3) is 4.64. The Morgan fingerprint density at radius 2 is 1.81 bits per heavy atom. The molecule has 26 heavy (non-hydrogen) atoms. The van der Waals surface area contributed by atoms with Gasteiger partial charge >= 0.3 is 0 Å². The van der Waals surface area contributed by atoms with Crippen LogP contribution in [0.15, 0.2) is 48.0 Å². The molecular formula is C21H22N2O3. The summed E-state index contributed by atoms with van der Waals surface area (Å²) in [5, 5.41) is 12.1. The molecule has 0 fully saturated rings.